The summed E-state index contributed by atoms with van der Waals surface area (Å²) in [7, 11) is 1.82. The van der Waals surface area contributed by atoms with Crippen LogP contribution >= 0.6 is 0 Å². The van der Waals surface area contributed by atoms with Gasteiger partial charge in [0, 0.05) is 18.2 Å². The van der Waals surface area contributed by atoms with Crippen LogP contribution in [0.1, 0.15) is 31.9 Å². The van der Waals surface area contributed by atoms with E-state index in [9.17, 15) is 0 Å². The normalized spacial score (nSPS) is 9.33. The summed E-state index contributed by atoms with van der Waals surface area (Å²) in [5.74, 6) is 0.774. The molecule has 0 aliphatic heterocycles. The van der Waals surface area contributed by atoms with E-state index >= 15 is 0 Å². The third-order valence-corrected chi connectivity index (χ3v) is 1.71. The van der Waals surface area contributed by atoms with E-state index in [-0.39, 0.29) is 0 Å². The Balaban J connectivity index is 0.000000921. The zero-order chi connectivity index (χ0) is 11.7. The highest BCUT2D eigenvalue weighted by atomic mass is 15.2. The average molecular weight is 205 g/mol. The molecule has 1 rings (SSSR count). The number of hydrogen-bond acceptors (Lipinski definition) is 3. The molecule has 1 aromatic rings. The first-order valence-electron chi connectivity index (χ1n) is 5.12. The predicted octanol–water partition coefficient (Wildman–Crippen LogP) is 3.22. The molecule has 0 spiro atoms. The third-order valence-electron chi connectivity index (χ3n) is 1.71. The van der Waals surface area contributed by atoms with Crippen molar-refractivity contribution >= 4 is 18.0 Å². The first-order valence-corrected chi connectivity index (χ1v) is 5.12. The van der Waals surface area contributed by atoms with Gasteiger partial charge < -0.3 is 5.32 Å². The van der Waals surface area contributed by atoms with Crippen LogP contribution in [0.5, 0.6) is 0 Å². The van der Waals surface area contributed by atoms with Crippen LogP contribution in [0, 0.1) is 0 Å². The molecule has 0 radical (unpaired) electrons. The standard InChI is InChI=1S/C10H13N3.C2H6/c1-4-6-9-8(5-2)7-12-13-10(9)11-3;1-2/h4-7H,2H2,1,3H3,(H,11,13);1-2H3/b6-4-;. The van der Waals surface area contributed by atoms with E-state index in [1.54, 1.807) is 12.3 Å². The third kappa shape index (κ3) is 3.54. The molecule has 1 heterocycles. The Morgan fingerprint density at radius 1 is 1.40 bits per heavy atom. The molecule has 0 aliphatic carbocycles. The summed E-state index contributed by atoms with van der Waals surface area (Å²) in [6, 6.07) is 0. The lowest BCUT2D eigenvalue weighted by molar-refractivity contribution is 1.02. The first-order chi connectivity index (χ1) is 7.33. The van der Waals surface area contributed by atoms with Crippen molar-refractivity contribution in [3.8, 4) is 0 Å². The Morgan fingerprint density at radius 3 is 2.53 bits per heavy atom. The van der Waals surface area contributed by atoms with Crippen molar-refractivity contribution in [2.45, 2.75) is 20.8 Å². The van der Waals surface area contributed by atoms with Gasteiger partial charge in [0.1, 0.15) is 0 Å². The van der Waals surface area contributed by atoms with Crippen LogP contribution in [-0.4, -0.2) is 17.2 Å². The Kier molecular flexibility index (Phi) is 6.89. The van der Waals surface area contributed by atoms with Gasteiger partial charge in [0.2, 0.25) is 0 Å². The van der Waals surface area contributed by atoms with E-state index in [2.05, 4.69) is 22.1 Å². The van der Waals surface area contributed by atoms with Crippen LogP contribution in [0.4, 0.5) is 5.82 Å². The molecule has 0 aromatic carbocycles. The van der Waals surface area contributed by atoms with Gasteiger partial charge in [0.25, 0.3) is 0 Å². The second kappa shape index (κ2) is 7.74. The molecular formula is C12H19N3. The van der Waals surface area contributed by atoms with Gasteiger partial charge in [-0.05, 0) is 6.92 Å². The molecule has 3 heteroatoms. The van der Waals surface area contributed by atoms with Gasteiger partial charge in [0.05, 0.1) is 6.20 Å². The highest BCUT2D eigenvalue weighted by molar-refractivity contribution is 5.71. The van der Waals surface area contributed by atoms with Gasteiger partial charge in [-0.3, -0.25) is 0 Å². The summed E-state index contributed by atoms with van der Waals surface area (Å²) in [5, 5.41) is 10.8. The molecule has 0 aliphatic rings. The van der Waals surface area contributed by atoms with E-state index in [0.29, 0.717) is 0 Å². The number of allylic oxidation sites excluding steroid dienone is 1. The molecule has 0 saturated carbocycles. The van der Waals surface area contributed by atoms with Gasteiger partial charge in [-0.2, -0.15) is 5.10 Å². The van der Waals surface area contributed by atoms with Crippen molar-refractivity contribution in [3.05, 3.63) is 30.0 Å². The smallest absolute Gasteiger partial charge is 0.156 e. The average Bonchev–Trinajstić information content (AvgIpc) is 2.32. The van der Waals surface area contributed by atoms with Crippen molar-refractivity contribution in [2.24, 2.45) is 0 Å². The first kappa shape index (κ1) is 13.4. The molecule has 0 fully saturated rings. The molecular weight excluding hydrogens is 186 g/mol. The summed E-state index contributed by atoms with van der Waals surface area (Å²) in [6.07, 6.45) is 7.41. The van der Waals surface area contributed by atoms with Crippen molar-refractivity contribution in [3.63, 3.8) is 0 Å². The van der Waals surface area contributed by atoms with Crippen LogP contribution in [0.15, 0.2) is 18.9 Å². The number of aromatic nitrogens is 2. The summed E-state index contributed by atoms with van der Waals surface area (Å²) in [4.78, 5) is 0. The van der Waals surface area contributed by atoms with Crippen molar-refractivity contribution in [1.29, 1.82) is 0 Å². The van der Waals surface area contributed by atoms with Crippen molar-refractivity contribution < 1.29 is 0 Å². The van der Waals surface area contributed by atoms with E-state index in [4.69, 9.17) is 0 Å². The number of anilines is 1. The molecule has 0 bridgehead atoms. The topological polar surface area (TPSA) is 37.8 Å². The zero-order valence-electron chi connectivity index (χ0n) is 9.91. The predicted molar refractivity (Wildman–Crippen MR) is 67.7 cm³/mol. The lowest BCUT2D eigenvalue weighted by Crippen LogP contribution is -1.99. The van der Waals surface area contributed by atoms with Crippen LogP contribution in [0.25, 0.3) is 12.2 Å². The molecule has 82 valence electrons. The van der Waals surface area contributed by atoms with Crippen LogP contribution < -0.4 is 5.32 Å². The summed E-state index contributed by atoms with van der Waals surface area (Å²) in [5.41, 5.74) is 2.01. The molecule has 15 heavy (non-hydrogen) atoms. The highest BCUT2D eigenvalue weighted by Crippen LogP contribution is 2.18. The fraction of sp³-hybridized carbons (Fsp3) is 0.333. The second-order valence-electron chi connectivity index (χ2n) is 2.52. The fourth-order valence-corrected chi connectivity index (χ4v) is 1.10. The maximum atomic E-state index is 3.96. The van der Waals surface area contributed by atoms with E-state index in [0.717, 1.165) is 16.9 Å². The number of rotatable bonds is 3. The molecule has 3 nitrogen and oxygen atoms in total. The Hall–Kier alpha value is -1.64. The van der Waals surface area contributed by atoms with E-state index < -0.39 is 0 Å². The minimum Gasteiger partial charge on any atom is -0.371 e. The van der Waals surface area contributed by atoms with Gasteiger partial charge in [-0.25, -0.2) is 0 Å². The second-order valence-corrected chi connectivity index (χ2v) is 2.52. The van der Waals surface area contributed by atoms with Crippen LogP contribution in [0.3, 0.4) is 0 Å². The maximum absolute atomic E-state index is 3.96. The van der Waals surface area contributed by atoms with E-state index in [1.165, 1.54) is 0 Å². The Morgan fingerprint density at radius 2 is 2.07 bits per heavy atom. The molecule has 0 unspecified atom stereocenters. The lowest BCUT2D eigenvalue weighted by Gasteiger charge is -2.05. The van der Waals surface area contributed by atoms with Gasteiger partial charge >= 0.3 is 0 Å². The summed E-state index contributed by atoms with van der Waals surface area (Å²) >= 11 is 0. The van der Waals surface area contributed by atoms with Gasteiger partial charge in [0.15, 0.2) is 5.82 Å². The zero-order valence-corrected chi connectivity index (χ0v) is 9.91. The van der Waals surface area contributed by atoms with Crippen molar-refractivity contribution in [2.75, 3.05) is 12.4 Å². The molecule has 1 N–H and O–H groups in total. The maximum Gasteiger partial charge on any atom is 0.156 e. The minimum atomic E-state index is 0.774. The minimum absolute atomic E-state index is 0.774. The SMILES string of the molecule is C=Cc1cnnc(NC)c1/C=C\C.CC. The summed E-state index contributed by atoms with van der Waals surface area (Å²) < 4.78 is 0. The number of nitrogens with zero attached hydrogens (tertiary/aromatic N) is 2. The molecule has 0 saturated heterocycles. The molecule has 1 aromatic heterocycles. The Labute approximate surface area is 91.9 Å². The quantitative estimate of drug-likeness (QED) is 0.823. The van der Waals surface area contributed by atoms with Gasteiger partial charge in [-0.1, -0.05) is 38.7 Å². The summed E-state index contributed by atoms with van der Waals surface area (Å²) in [6.45, 7) is 9.68. The Bertz CT molecular complexity index is 330. The number of nitrogens with one attached hydrogen (secondary N) is 1. The number of hydrogen-bond donors (Lipinski definition) is 1. The fourth-order valence-electron chi connectivity index (χ4n) is 1.10. The molecule has 0 atom stereocenters. The van der Waals surface area contributed by atoms with Gasteiger partial charge in [-0.15, -0.1) is 5.10 Å². The van der Waals surface area contributed by atoms with Crippen LogP contribution in [0.2, 0.25) is 0 Å². The van der Waals surface area contributed by atoms with Crippen molar-refractivity contribution in [1.82, 2.24) is 10.2 Å². The largest absolute Gasteiger partial charge is 0.371 e. The highest BCUT2D eigenvalue weighted by Gasteiger charge is 2.02. The lowest BCUT2D eigenvalue weighted by atomic mass is 10.1. The van der Waals surface area contributed by atoms with Crippen LogP contribution in [-0.2, 0) is 0 Å². The molecule has 0 amide bonds. The monoisotopic (exact) mass is 205 g/mol. The van der Waals surface area contributed by atoms with E-state index in [1.807, 2.05) is 40.0 Å².